The Bertz CT molecular complexity index is 1060. The van der Waals surface area contributed by atoms with Gasteiger partial charge in [0, 0.05) is 31.4 Å². The summed E-state index contributed by atoms with van der Waals surface area (Å²) in [5, 5.41) is 0. The molecule has 1 atom stereocenters. The quantitative estimate of drug-likeness (QED) is 0.458. The van der Waals surface area contributed by atoms with E-state index in [4.69, 9.17) is 4.74 Å². The molecule has 4 rings (SSSR count). The number of thioether (sulfide) groups is 1. The fourth-order valence-electron chi connectivity index (χ4n) is 4.07. The molecule has 5 nitrogen and oxygen atoms in total. The molecule has 1 aliphatic heterocycles. The van der Waals surface area contributed by atoms with Crippen molar-refractivity contribution >= 4 is 33.2 Å². The zero-order valence-electron chi connectivity index (χ0n) is 18.9. The first-order valence-corrected chi connectivity index (χ1v) is 13.9. The fourth-order valence-corrected chi connectivity index (χ4v) is 6.18. The number of hydrogen-bond donors (Lipinski definition) is 0. The van der Waals surface area contributed by atoms with Gasteiger partial charge in [0.2, 0.25) is 10.0 Å². The van der Waals surface area contributed by atoms with E-state index in [0.29, 0.717) is 30.5 Å². The van der Waals surface area contributed by atoms with Crippen molar-refractivity contribution in [2.24, 2.45) is 5.92 Å². The summed E-state index contributed by atoms with van der Waals surface area (Å²) in [7, 11) is -2.06. The number of fused-ring (bicyclic) bond motifs is 1. The van der Waals surface area contributed by atoms with E-state index < -0.39 is 10.0 Å². The van der Waals surface area contributed by atoms with Crippen LogP contribution in [0.25, 0.3) is 0 Å². The number of rotatable bonds is 8. The molecular weight excluding hydrogens is 447 g/mol. The largest absolute Gasteiger partial charge is 0.492 e. The molecule has 0 saturated heterocycles. The first kappa shape index (κ1) is 23.4. The number of likely N-dealkylation sites (N-methyl/N-ethyl adjacent to an activating group) is 1. The maximum absolute atomic E-state index is 13.7. The molecule has 174 valence electrons. The summed E-state index contributed by atoms with van der Waals surface area (Å²) in [5.74, 6) is 0.868. The number of nitrogens with zero attached hydrogens (tertiary/aromatic N) is 2. The highest BCUT2D eigenvalue weighted by Gasteiger charge is 2.37. The molecule has 32 heavy (non-hydrogen) atoms. The molecule has 1 aliphatic carbocycles. The second-order valence-electron chi connectivity index (χ2n) is 8.63. The number of hydrogen-bond acceptors (Lipinski definition) is 5. The lowest BCUT2D eigenvalue weighted by Gasteiger charge is -2.29. The Hall–Kier alpha value is -1.77. The van der Waals surface area contributed by atoms with Crippen LogP contribution in [-0.4, -0.2) is 45.2 Å². The fraction of sp³-hybridized carbons (Fsp3) is 0.500. The van der Waals surface area contributed by atoms with E-state index >= 15 is 0 Å². The van der Waals surface area contributed by atoms with Crippen molar-refractivity contribution in [3.8, 4) is 5.75 Å². The maximum atomic E-state index is 13.7. The minimum absolute atomic E-state index is 0.189. The second-order valence-corrected chi connectivity index (χ2v) is 11.4. The van der Waals surface area contributed by atoms with Crippen LogP contribution in [0.2, 0.25) is 0 Å². The molecule has 0 unspecified atom stereocenters. The van der Waals surface area contributed by atoms with Gasteiger partial charge < -0.3 is 9.64 Å². The van der Waals surface area contributed by atoms with Crippen molar-refractivity contribution in [3.63, 3.8) is 0 Å². The minimum atomic E-state index is -3.73. The average Bonchev–Trinajstić information content (AvgIpc) is 3.62. The topological polar surface area (TPSA) is 49.9 Å². The van der Waals surface area contributed by atoms with Crippen LogP contribution in [0, 0.1) is 11.7 Å². The van der Waals surface area contributed by atoms with Gasteiger partial charge in [0.15, 0.2) is 0 Å². The van der Waals surface area contributed by atoms with E-state index in [1.54, 1.807) is 37.0 Å². The predicted octanol–water partition coefficient (Wildman–Crippen LogP) is 5.67. The Morgan fingerprint density at radius 1 is 1.19 bits per heavy atom. The Labute approximate surface area is 195 Å². The van der Waals surface area contributed by atoms with Gasteiger partial charge in [0.05, 0.1) is 17.2 Å². The van der Waals surface area contributed by atoms with Gasteiger partial charge >= 0.3 is 0 Å². The molecule has 0 N–H and O–H groups in total. The van der Waals surface area contributed by atoms with E-state index in [-0.39, 0.29) is 16.8 Å². The normalized spacial score (nSPS) is 20.6. The molecule has 1 saturated carbocycles. The lowest BCUT2D eigenvalue weighted by atomic mass is 10.1. The van der Waals surface area contributed by atoms with Crippen LogP contribution in [0.3, 0.4) is 0 Å². The van der Waals surface area contributed by atoms with Crippen LogP contribution in [0.15, 0.2) is 46.2 Å². The van der Waals surface area contributed by atoms with Gasteiger partial charge in [0.25, 0.3) is 0 Å². The van der Waals surface area contributed by atoms with E-state index in [9.17, 15) is 12.8 Å². The molecule has 0 spiro atoms. The molecule has 0 bridgehead atoms. The summed E-state index contributed by atoms with van der Waals surface area (Å²) in [6, 6.07) is 9.68. The lowest BCUT2D eigenvalue weighted by Crippen LogP contribution is -2.40. The number of benzene rings is 2. The minimum Gasteiger partial charge on any atom is -0.492 e. The standard InChI is InChI=1S/C24H31FN2O3S2/c1-4-5-6-20-15-27(19-11-9-18(25)10-12-19)21-13-23(31-3)22(30-16-17-7-8-17)14-24(21)32(28,29)26(20)2/h9-14,17,20H,4-8,15-16H2,1-3H3/t20-/m1/s1. The van der Waals surface area contributed by atoms with Gasteiger partial charge in [-0.25, -0.2) is 12.8 Å². The summed E-state index contributed by atoms with van der Waals surface area (Å²) in [6.45, 7) is 3.22. The van der Waals surface area contributed by atoms with Crippen LogP contribution >= 0.6 is 11.8 Å². The number of halogens is 1. The Kier molecular flexibility index (Phi) is 7.03. The summed E-state index contributed by atoms with van der Waals surface area (Å²) in [6.07, 6.45) is 6.98. The van der Waals surface area contributed by atoms with Crippen molar-refractivity contribution in [2.45, 2.75) is 54.9 Å². The highest BCUT2D eigenvalue weighted by molar-refractivity contribution is 7.98. The Morgan fingerprint density at radius 3 is 2.53 bits per heavy atom. The maximum Gasteiger partial charge on any atom is 0.245 e. The highest BCUT2D eigenvalue weighted by Crippen LogP contribution is 2.44. The third-order valence-corrected chi connectivity index (χ3v) is 9.00. The molecule has 8 heteroatoms. The molecule has 2 aliphatic rings. The summed E-state index contributed by atoms with van der Waals surface area (Å²) >= 11 is 1.54. The molecular formula is C24H31FN2O3S2. The molecule has 2 aromatic carbocycles. The third kappa shape index (κ3) is 4.77. The Balaban J connectivity index is 1.85. The molecule has 1 fully saturated rings. The SMILES string of the molecule is CCCC[C@@H]1CN(c2ccc(F)cc2)c2cc(SC)c(OCC3CC3)cc2S(=O)(=O)N1C. The van der Waals surface area contributed by atoms with Gasteiger partial charge in [-0.1, -0.05) is 19.8 Å². The number of sulfonamides is 1. The smallest absolute Gasteiger partial charge is 0.245 e. The van der Waals surface area contributed by atoms with E-state index in [1.165, 1.54) is 16.4 Å². The molecule has 1 heterocycles. The Morgan fingerprint density at radius 2 is 1.91 bits per heavy atom. The summed E-state index contributed by atoms with van der Waals surface area (Å²) < 4.78 is 48.6. The summed E-state index contributed by atoms with van der Waals surface area (Å²) in [5.41, 5.74) is 1.39. The highest BCUT2D eigenvalue weighted by atomic mass is 32.2. The van der Waals surface area contributed by atoms with Crippen molar-refractivity contribution in [1.82, 2.24) is 4.31 Å². The second kappa shape index (κ2) is 9.61. The molecule has 0 amide bonds. The van der Waals surface area contributed by atoms with Crippen molar-refractivity contribution < 1.29 is 17.5 Å². The van der Waals surface area contributed by atoms with Crippen LogP contribution in [0.4, 0.5) is 15.8 Å². The zero-order valence-corrected chi connectivity index (χ0v) is 20.5. The zero-order chi connectivity index (χ0) is 22.9. The molecule has 0 radical (unpaired) electrons. The van der Waals surface area contributed by atoms with Crippen molar-refractivity contribution in [3.05, 3.63) is 42.2 Å². The number of ether oxygens (including phenoxy) is 1. The van der Waals surface area contributed by atoms with Gasteiger partial charge in [-0.2, -0.15) is 4.31 Å². The van der Waals surface area contributed by atoms with Crippen molar-refractivity contribution in [1.29, 1.82) is 0 Å². The van der Waals surface area contributed by atoms with E-state index in [2.05, 4.69) is 6.92 Å². The first-order chi connectivity index (χ1) is 15.3. The van der Waals surface area contributed by atoms with Crippen LogP contribution in [0.5, 0.6) is 5.75 Å². The summed E-state index contributed by atoms with van der Waals surface area (Å²) in [4.78, 5) is 3.16. The molecule has 2 aromatic rings. The van der Waals surface area contributed by atoms with Gasteiger partial charge in [-0.05, 0) is 61.8 Å². The van der Waals surface area contributed by atoms with Crippen molar-refractivity contribution in [2.75, 3.05) is 31.4 Å². The third-order valence-electron chi connectivity index (χ3n) is 6.30. The van der Waals surface area contributed by atoms with Crippen LogP contribution in [-0.2, 0) is 10.0 Å². The number of unbranched alkanes of at least 4 members (excludes halogenated alkanes) is 1. The van der Waals surface area contributed by atoms with Gasteiger partial charge in [0.1, 0.15) is 16.5 Å². The molecule has 0 aromatic heterocycles. The van der Waals surface area contributed by atoms with E-state index in [0.717, 1.165) is 42.7 Å². The first-order valence-electron chi connectivity index (χ1n) is 11.2. The van der Waals surface area contributed by atoms with Gasteiger partial charge in [-0.3, -0.25) is 0 Å². The predicted molar refractivity (Wildman–Crippen MR) is 128 cm³/mol. The average molecular weight is 479 g/mol. The number of anilines is 2. The van der Waals surface area contributed by atoms with Crippen LogP contribution < -0.4 is 9.64 Å². The monoisotopic (exact) mass is 478 g/mol. The lowest BCUT2D eigenvalue weighted by molar-refractivity contribution is 0.292. The van der Waals surface area contributed by atoms with Gasteiger partial charge in [-0.15, -0.1) is 11.8 Å². The van der Waals surface area contributed by atoms with Crippen LogP contribution in [0.1, 0.15) is 39.0 Å². The van der Waals surface area contributed by atoms with E-state index in [1.807, 2.05) is 17.2 Å².